The predicted molar refractivity (Wildman–Crippen MR) is 107 cm³/mol. The van der Waals surface area contributed by atoms with E-state index < -0.39 is 5.25 Å². The number of aliphatic imine (C=N–C) groups is 1. The van der Waals surface area contributed by atoms with Crippen molar-refractivity contribution in [1.82, 2.24) is 4.90 Å². The molecule has 2 aromatic rings. The fraction of sp³-hybridized carbons (Fsp3) is 0.250. The SMILES string of the molecule is Cc1ccc(NC(=O)[C@@H]2CC(=O)N(C)C(=Nc3ccccc3)S2)c(C)c1. The highest BCUT2D eigenvalue weighted by Crippen LogP contribution is 2.29. The van der Waals surface area contributed by atoms with Gasteiger partial charge in [0.15, 0.2) is 5.17 Å². The average Bonchev–Trinajstić information content (AvgIpc) is 2.62. The van der Waals surface area contributed by atoms with Crippen LogP contribution in [0.15, 0.2) is 53.5 Å². The van der Waals surface area contributed by atoms with Crippen LogP contribution in [0.25, 0.3) is 0 Å². The Hall–Kier alpha value is -2.60. The summed E-state index contributed by atoms with van der Waals surface area (Å²) in [6, 6.07) is 15.3. The smallest absolute Gasteiger partial charge is 0.238 e. The van der Waals surface area contributed by atoms with Gasteiger partial charge in [-0.15, -0.1) is 0 Å². The molecule has 5 nitrogen and oxygen atoms in total. The van der Waals surface area contributed by atoms with Crippen LogP contribution in [0.5, 0.6) is 0 Å². The first-order valence-corrected chi connectivity index (χ1v) is 9.27. The van der Waals surface area contributed by atoms with Gasteiger partial charge in [-0.3, -0.25) is 14.5 Å². The number of hydrogen-bond donors (Lipinski definition) is 1. The van der Waals surface area contributed by atoms with Crippen LogP contribution in [0.3, 0.4) is 0 Å². The van der Waals surface area contributed by atoms with Crippen LogP contribution < -0.4 is 5.32 Å². The molecule has 0 bridgehead atoms. The molecular weight excluding hydrogens is 346 g/mol. The molecule has 0 radical (unpaired) electrons. The molecule has 1 saturated heterocycles. The Morgan fingerprint density at radius 1 is 1.19 bits per heavy atom. The van der Waals surface area contributed by atoms with E-state index in [4.69, 9.17) is 0 Å². The summed E-state index contributed by atoms with van der Waals surface area (Å²) in [4.78, 5) is 31.1. The lowest BCUT2D eigenvalue weighted by Gasteiger charge is -2.29. The summed E-state index contributed by atoms with van der Waals surface area (Å²) in [7, 11) is 1.69. The van der Waals surface area contributed by atoms with E-state index in [0.717, 1.165) is 22.5 Å². The topological polar surface area (TPSA) is 61.8 Å². The van der Waals surface area contributed by atoms with Crippen molar-refractivity contribution in [2.75, 3.05) is 12.4 Å². The number of hydrogen-bond acceptors (Lipinski definition) is 4. The Kier molecular flexibility index (Phi) is 5.42. The van der Waals surface area contributed by atoms with Gasteiger partial charge in [-0.2, -0.15) is 0 Å². The molecule has 1 aliphatic heterocycles. The van der Waals surface area contributed by atoms with Crippen molar-refractivity contribution in [2.45, 2.75) is 25.5 Å². The molecule has 2 amide bonds. The largest absolute Gasteiger partial charge is 0.325 e. The van der Waals surface area contributed by atoms with E-state index in [9.17, 15) is 9.59 Å². The number of carbonyl (C=O) groups excluding carboxylic acids is 2. The number of thioether (sulfide) groups is 1. The van der Waals surface area contributed by atoms with Gasteiger partial charge >= 0.3 is 0 Å². The van der Waals surface area contributed by atoms with Crippen LogP contribution in [-0.2, 0) is 9.59 Å². The Morgan fingerprint density at radius 2 is 1.92 bits per heavy atom. The van der Waals surface area contributed by atoms with Crippen LogP contribution in [0, 0.1) is 13.8 Å². The maximum atomic E-state index is 12.7. The summed E-state index contributed by atoms with van der Waals surface area (Å²) in [6.45, 7) is 3.97. The Balaban J connectivity index is 1.78. The summed E-state index contributed by atoms with van der Waals surface area (Å²) in [5, 5.41) is 2.98. The van der Waals surface area contributed by atoms with Crippen molar-refractivity contribution in [3.8, 4) is 0 Å². The van der Waals surface area contributed by atoms with Crippen molar-refractivity contribution in [2.24, 2.45) is 4.99 Å². The van der Waals surface area contributed by atoms with Crippen molar-refractivity contribution in [3.63, 3.8) is 0 Å². The Morgan fingerprint density at radius 3 is 2.62 bits per heavy atom. The summed E-state index contributed by atoms with van der Waals surface area (Å²) >= 11 is 1.32. The second-order valence-corrected chi connectivity index (χ2v) is 7.47. The lowest BCUT2D eigenvalue weighted by Crippen LogP contribution is -2.43. The van der Waals surface area contributed by atoms with Crippen LogP contribution in [0.2, 0.25) is 0 Å². The van der Waals surface area contributed by atoms with Crippen LogP contribution in [0.1, 0.15) is 17.5 Å². The normalized spacial score (nSPS) is 18.9. The second-order valence-electron chi connectivity index (χ2n) is 6.30. The standard InChI is InChI=1S/C20H21N3O2S/c1-13-9-10-16(14(2)11-13)22-19(25)17-12-18(24)23(3)20(26-17)21-15-7-5-4-6-8-15/h4-11,17H,12H2,1-3H3,(H,22,25)/t17-/m0/s1. The van der Waals surface area contributed by atoms with Gasteiger partial charge in [-0.25, -0.2) is 4.99 Å². The van der Waals surface area contributed by atoms with Crippen molar-refractivity contribution < 1.29 is 9.59 Å². The third-order valence-corrected chi connectivity index (χ3v) is 5.42. The number of amidine groups is 1. The maximum Gasteiger partial charge on any atom is 0.238 e. The summed E-state index contributed by atoms with van der Waals surface area (Å²) < 4.78 is 0. The highest BCUT2D eigenvalue weighted by atomic mass is 32.2. The number of para-hydroxylation sites is 1. The van der Waals surface area contributed by atoms with Gasteiger partial charge in [0.2, 0.25) is 11.8 Å². The zero-order valence-corrected chi connectivity index (χ0v) is 15.8. The predicted octanol–water partition coefficient (Wildman–Crippen LogP) is 3.89. The molecule has 0 unspecified atom stereocenters. The molecule has 1 heterocycles. The van der Waals surface area contributed by atoms with Crippen LogP contribution in [-0.4, -0.2) is 34.2 Å². The number of anilines is 1. The highest BCUT2D eigenvalue weighted by Gasteiger charge is 2.34. The fourth-order valence-corrected chi connectivity index (χ4v) is 3.74. The lowest BCUT2D eigenvalue weighted by atomic mass is 10.1. The van der Waals surface area contributed by atoms with E-state index in [1.165, 1.54) is 16.7 Å². The molecule has 3 rings (SSSR count). The van der Waals surface area contributed by atoms with E-state index in [1.807, 2.05) is 62.4 Å². The minimum absolute atomic E-state index is 0.112. The maximum absolute atomic E-state index is 12.7. The van der Waals surface area contributed by atoms with Gasteiger partial charge < -0.3 is 5.32 Å². The Bertz CT molecular complexity index is 865. The van der Waals surface area contributed by atoms with Crippen molar-refractivity contribution >= 4 is 40.1 Å². The molecule has 1 aliphatic rings. The van der Waals surface area contributed by atoms with Gasteiger partial charge in [0.1, 0.15) is 5.25 Å². The number of nitrogens with zero attached hydrogens (tertiary/aromatic N) is 2. The molecule has 6 heteroatoms. The summed E-state index contributed by atoms with van der Waals surface area (Å²) in [5.41, 5.74) is 3.67. The van der Waals surface area contributed by atoms with E-state index in [0.29, 0.717) is 5.17 Å². The summed E-state index contributed by atoms with van der Waals surface area (Å²) in [5.74, 6) is -0.289. The lowest BCUT2D eigenvalue weighted by molar-refractivity contribution is -0.128. The number of nitrogens with one attached hydrogen (secondary N) is 1. The molecule has 2 aromatic carbocycles. The van der Waals surface area contributed by atoms with E-state index in [2.05, 4.69) is 10.3 Å². The van der Waals surface area contributed by atoms with Gasteiger partial charge in [-0.05, 0) is 37.6 Å². The van der Waals surface area contributed by atoms with Gasteiger partial charge in [0, 0.05) is 19.2 Å². The van der Waals surface area contributed by atoms with Gasteiger partial charge in [0.25, 0.3) is 0 Å². The minimum atomic E-state index is -0.498. The number of rotatable bonds is 3. The van der Waals surface area contributed by atoms with Gasteiger partial charge in [-0.1, -0.05) is 47.7 Å². The highest BCUT2D eigenvalue weighted by molar-refractivity contribution is 8.15. The zero-order valence-electron chi connectivity index (χ0n) is 15.0. The first-order valence-electron chi connectivity index (χ1n) is 8.39. The molecule has 0 saturated carbocycles. The zero-order chi connectivity index (χ0) is 18.7. The average molecular weight is 367 g/mol. The van der Waals surface area contributed by atoms with E-state index >= 15 is 0 Å². The quantitative estimate of drug-likeness (QED) is 0.895. The Labute approximate surface area is 157 Å². The molecular formula is C20H21N3O2S. The number of benzene rings is 2. The molecule has 0 aromatic heterocycles. The third kappa shape index (κ3) is 4.14. The van der Waals surface area contributed by atoms with Crippen molar-refractivity contribution in [3.05, 3.63) is 59.7 Å². The fourth-order valence-electron chi connectivity index (χ4n) is 2.68. The molecule has 0 aliphatic carbocycles. The van der Waals surface area contributed by atoms with E-state index in [-0.39, 0.29) is 18.2 Å². The first kappa shape index (κ1) is 18.2. The molecule has 1 fully saturated rings. The van der Waals surface area contributed by atoms with E-state index in [1.54, 1.807) is 7.05 Å². The molecule has 26 heavy (non-hydrogen) atoms. The molecule has 0 spiro atoms. The van der Waals surface area contributed by atoms with Crippen LogP contribution >= 0.6 is 11.8 Å². The third-order valence-electron chi connectivity index (χ3n) is 4.18. The molecule has 1 N–H and O–H groups in total. The first-order chi connectivity index (χ1) is 12.4. The second kappa shape index (κ2) is 7.74. The molecule has 134 valence electrons. The van der Waals surface area contributed by atoms with Crippen molar-refractivity contribution in [1.29, 1.82) is 0 Å². The monoisotopic (exact) mass is 367 g/mol. The minimum Gasteiger partial charge on any atom is -0.325 e. The number of amides is 2. The molecule has 1 atom stereocenters. The van der Waals surface area contributed by atoms with Crippen LogP contribution in [0.4, 0.5) is 11.4 Å². The van der Waals surface area contributed by atoms with Gasteiger partial charge in [0.05, 0.1) is 5.69 Å². The number of carbonyl (C=O) groups is 2. The number of aryl methyl sites for hydroxylation is 2. The summed E-state index contributed by atoms with van der Waals surface area (Å²) in [6.07, 6.45) is 0.158.